The number of anilines is 1. The Labute approximate surface area is 171 Å². The molecule has 4 rings (SSSR count). The maximum atomic E-state index is 13.3. The predicted molar refractivity (Wildman–Crippen MR) is 115 cm³/mol. The molecule has 2 aliphatic rings. The van der Waals surface area contributed by atoms with E-state index < -0.39 is 5.66 Å². The molecule has 5 heteroatoms. The van der Waals surface area contributed by atoms with Gasteiger partial charge in [0.15, 0.2) is 0 Å². The molecule has 1 aliphatic heterocycles. The highest BCUT2D eigenvalue weighted by Gasteiger charge is 2.48. The van der Waals surface area contributed by atoms with Crippen molar-refractivity contribution < 1.29 is 9.59 Å². The fourth-order valence-electron chi connectivity index (χ4n) is 4.23. The molecule has 150 valence electrons. The number of hydrogen-bond acceptors (Lipinski definition) is 3. The van der Waals surface area contributed by atoms with Crippen molar-refractivity contribution in [3.8, 4) is 0 Å². The SMILES string of the molecule is Cc1ccc(NC(=O)CN2C(=O)C(c3ccc(C)cc3)=NC23CCCCC3)cc1. The number of hydrogen-bond donors (Lipinski definition) is 1. The Hall–Kier alpha value is -2.95. The van der Waals surface area contributed by atoms with Gasteiger partial charge in [-0.05, 0) is 51.7 Å². The maximum absolute atomic E-state index is 13.3. The number of benzene rings is 2. The lowest BCUT2D eigenvalue weighted by molar-refractivity contribution is -0.134. The third-order valence-corrected chi connectivity index (χ3v) is 5.89. The summed E-state index contributed by atoms with van der Waals surface area (Å²) < 4.78 is 0. The van der Waals surface area contributed by atoms with E-state index >= 15 is 0 Å². The molecule has 1 N–H and O–H groups in total. The average molecular weight is 389 g/mol. The molecule has 0 aromatic heterocycles. The predicted octanol–water partition coefficient (Wildman–Crippen LogP) is 4.23. The number of rotatable bonds is 4. The van der Waals surface area contributed by atoms with E-state index in [1.165, 1.54) is 0 Å². The summed E-state index contributed by atoms with van der Waals surface area (Å²) in [6.07, 6.45) is 4.81. The number of amides is 2. The van der Waals surface area contributed by atoms with Gasteiger partial charge in [0.25, 0.3) is 5.91 Å². The van der Waals surface area contributed by atoms with Crippen LogP contribution < -0.4 is 5.32 Å². The summed E-state index contributed by atoms with van der Waals surface area (Å²) in [4.78, 5) is 32.7. The van der Waals surface area contributed by atoms with Crippen LogP contribution in [0.4, 0.5) is 5.69 Å². The van der Waals surface area contributed by atoms with Crippen LogP contribution in [0.25, 0.3) is 0 Å². The standard InChI is InChI=1S/C24H27N3O2/c1-17-6-10-19(11-7-17)22-23(29)27(24(26-22)14-4-3-5-15-24)16-21(28)25-20-12-8-18(2)9-13-20/h6-13H,3-5,14-16H2,1-2H3,(H,25,28). The number of nitrogens with one attached hydrogen (secondary N) is 1. The van der Waals surface area contributed by atoms with Crippen molar-refractivity contribution in [1.29, 1.82) is 0 Å². The summed E-state index contributed by atoms with van der Waals surface area (Å²) in [5, 5.41) is 2.92. The van der Waals surface area contributed by atoms with Crippen LogP contribution in [0.3, 0.4) is 0 Å². The highest BCUT2D eigenvalue weighted by atomic mass is 16.2. The first kappa shape index (κ1) is 19.4. The largest absolute Gasteiger partial charge is 0.325 e. The van der Waals surface area contributed by atoms with Gasteiger partial charge in [0.2, 0.25) is 5.91 Å². The Morgan fingerprint density at radius 3 is 2.17 bits per heavy atom. The number of carbonyl (C=O) groups excluding carboxylic acids is 2. The van der Waals surface area contributed by atoms with Crippen LogP contribution in [0, 0.1) is 13.8 Å². The normalized spacial score (nSPS) is 18.1. The molecular formula is C24H27N3O2. The molecule has 1 aliphatic carbocycles. The van der Waals surface area contributed by atoms with Crippen molar-refractivity contribution in [2.24, 2.45) is 4.99 Å². The Kier molecular flexibility index (Phi) is 5.22. The van der Waals surface area contributed by atoms with Crippen LogP contribution in [0.5, 0.6) is 0 Å². The fraction of sp³-hybridized carbons (Fsp3) is 0.375. The first-order valence-corrected chi connectivity index (χ1v) is 10.3. The fourth-order valence-corrected chi connectivity index (χ4v) is 4.23. The lowest BCUT2D eigenvalue weighted by atomic mass is 9.88. The van der Waals surface area contributed by atoms with Gasteiger partial charge in [-0.3, -0.25) is 14.6 Å². The third kappa shape index (κ3) is 3.95. The number of nitrogens with zero attached hydrogens (tertiary/aromatic N) is 2. The minimum Gasteiger partial charge on any atom is -0.325 e. The quantitative estimate of drug-likeness (QED) is 0.850. The third-order valence-electron chi connectivity index (χ3n) is 5.89. The second-order valence-corrected chi connectivity index (χ2v) is 8.18. The maximum Gasteiger partial charge on any atom is 0.275 e. The summed E-state index contributed by atoms with van der Waals surface area (Å²) in [5.74, 6) is -0.331. The molecule has 2 aromatic rings. The summed E-state index contributed by atoms with van der Waals surface area (Å²) in [7, 11) is 0. The van der Waals surface area contributed by atoms with E-state index in [0.717, 1.165) is 54.5 Å². The summed E-state index contributed by atoms with van der Waals surface area (Å²) in [6, 6.07) is 15.5. The van der Waals surface area contributed by atoms with Crippen LogP contribution in [-0.4, -0.2) is 34.6 Å². The smallest absolute Gasteiger partial charge is 0.275 e. The molecule has 1 spiro atoms. The van der Waals surface area contributed by atoms with Crippen molar-refractivity contribution >= 4 is 23.2 Å². The number of aryl methyl sites for hydroxylation is 2. The van der Waals surface area contributed by atoms with E-state index in [4.69, 9.17) is 4.99 Å². The van der Waals surface area contributed by atoms with E-state index in [-0.39, 0.29) is 18.4 Å². The molecule has 0 bridgehead atoms. The van der Waals surface area contributed by atoms with Crippen LogP contribution in [0.2, 0.25) is 0 Å². The van der Waals surface area contributed by atoms with Gasteiger partial charge in [-0.25, -0.2) is 0 Å². The Morgan fingerprint density at radius 2 is 1.55 bits per heavy atom. The minimum absolute atomic E-state index is 0.0194. The zero-order chi connectivity index (χ0) is 20.4. The van der Waals surface area contributed by atoms with E-state index in [2.05, 4.69) is 5.32 Å². The van der Waals surface area contributed by atoms with Crippen molar-refractivity contribution in [1.82, 2.24) is 4.90 Å². The van der Waals surface area contributed by atoms with E-state index in [1.54, 1.807) is 4.90 Å². The van der Waals surface area contributed by atoms with Gasteiger partial charge in [0.05, 0.1) is 0 Å². The topological polar surface area (TPSA) is 61.8 Å². The first-order chi connectivity index (χ1) is 14.0. The molecule has 1 fully saturated rings. The zero-order valence-electron chi connectivity index (χ0n) is 17.1. The van der Waals surface area contributed by atoms with Gasteiger partial charge < -0.3 is 10.2 Å². The first-order valence-electron chi connectivity index (χ1n) is 10.3. The van der Waals surface area contributed by atoms with Crippen molar-refractivity contribution in [2.75, 3.05) is 11.9 Å². The monoisotopic (exact) mass is 389 g/mol. The van der Waals surface area contributed by atoms with Gasteiger partial charge in [0.1, 0.15) is 17.9 Å². The van der Waals surface area contributed by atoms with Gasteiger partial charge in [-0.1, -0.05) is 53.9 Å². The molecule has 1 saturated carbocycles. The second kappa shape index (κ2) is 7.82. The highest BCUT2D eigenvalue weighted by Crippen LogP contribution is 2.39. The molecule has 0 radical (unpaired) electrons. The van der Waals surface area contributed by atoms with Crippen molar-refractivity contribution in [3.63, 3.8) is 0 Å². The lowest BCUT2D eigenvalue weighted by Crippen LogP contribution is -2.51. The van der Waals surface area contributed by atoms with E-state index in [0.29, 0.717) is 5.71 Å². The summed E-state index contributed by atoms with van der Waals surface area (Å²) in [6.45, 7) is 4.04. The number of carbonyl (C=O) groups is 2. The number of aliphatic imine (C=N–C) groups is 1. The van der Waals surface area contributed by atoms with Gasteiger partial charge in [-0.2, -0.15) is 0 Å². The van der Waals surface area contributed by atoms with Crippen molar-refractivity contribution in [3.05, 3.63) is 65.2 Å². The molecule has 2 amide bonds. The van der Waals surface area contributed by atoms with Crippen LogP contribution in [0.1, 0.15) is 48.8 Å². The Balaban J connectivity index is 1.57. The van der Waals surface area contributed by atoms with Crippen molar-refractivity contribution in [2.45, 2.75) is 51.6 Å². The molecule has 5 nitrogen and oxygen atoms in total. The van der Waals surface area contributed by atoms with Crippen LogP contribution in [-0.2, 0) is 9.59 Å². The summed E-state index contributed by atoms with van der Waals surface area (Å²) >= 11 is 0. The molecule has 29 heavy (non-hydrogen) atoms. The molecule has 0 unspecified atom stereocenters. The average Bonchev–Trinajstić information content (AvgIpc) is 2.97. The van der Waals surface area contributed by atoms with Crippen LogP contribution >= 0.6 is 0 Å². The van der Waals surface area contributed by atoms with Gasteiger partial charge in [0, 0.05) is 11.3 Å². The van der Waals surface area contributed by atoms with E-state index in [1.807, 2.05) is 62.4 Å². The second-order valence-electron chi connectivity index (χ2n) is 8.18. The van der Waals surface area contributed by atoms with Crippen LogP contribution in [0.15, 0.2) is 53.5 Å². The molecule has 1 heterocycles. The summed E-state index contributed by atoms with van der Waals surface area (Å²) in [5.41, 5.74) is 3.74. The molecule has 2 aromatic carbocycles. The Morgan fingerprint density at radius 1 is 0.966 bits per heavy atom. The molecule has 0 saturated heterocycles. The molecular weight excluding hydrogens is 362 g/mol. The van der Waals surface area contributed by atoms with Gasteiger partial charge in [-0.15, -0.1) is 0 Å². The molecule has 0 atom stereocenters. The highest BCUT2D eigenvalue weighted by molar-refractivity contribution is 6.47. The zero-order valence-corrected chi connectivity index (χ0v) is 17.1. The van der Waals surface area contributed by atoms with Gasteiger partial charge >= 0.3 is 0 Å². The lowest BCUT2D eigenvalue weighted by Gasteiger charge is -2.38. The minimum atomic E-state index is -0.583. The Bertz CT molecular complexity index is 939. The van der Waals surface area contributed by atoms with E-state index in [9.17, 15) is 9.59 Å².